The van der Waals surface area contributed by atoms with Crippen LogP contribution in [0.25, 0.3) is 0 Å². The molecule has 3 rings (SSSR count). The SMILES string of the molecule is C=CC(=O)N1CC2(CCCN(C(=O)[C@H](O)c3ccccc3)C2)C1. The fraction of sp³-hybridized carbons (Fsp3) is 0.444. The molecule has 2 aliphatic heterocycles. The molecule has 1 spiro atoms. The summed E-state index contributed by atoms with van der Waals surface area (Å²) >= 11 is 0. The molecule has 2 fully saturated rings. The number of amides is 2. The molecule has 1 aromatic carbocycles. The second kappa shape index (κ2) is 6.16. The van der Waals surface area contributed by atoms with Gasteiger partial charge in [-0.2, -0.15) is 0 Å². The number of nitrogens with zero attached hydrogens (tertiary/aromatic N) is 2. The molecular weight excluding hydrogens is 292 g/mol. The Labute approximate surface area is 136 Å². The summed E-state index contributed by atoms with van der Waals surface area (Å²) < 4.78 is 0. The van der Waals surface area contributed by atoms with Gasteiger partial charge >= 0.3 is 0 Å². The van der Waals surface area contributed by atoms with Crippen molar-refractivity contribution in [1.82, 2.24) is 9.80 Å². The van der Waals surface area contributed by atoms with E-state index < -0.39 is 6.10 Å². The first-order valence-electron chi connectivity index (χ1n) is 7.98. The van der Waals surface area contributed by atoms with E-state index in [9.17, 15) is 14.7 Å². The molecule has 2 heterocycles. The molecule has 0 radical (unpaired) electrons. The molecule has 0 aromatic heterocycles. The van der Waals surface area contributed by atoms with Gasteiger partial charge in [0, 0.05) is 31.6 Å². The van der Waals surface area contributed by atoms with Gasteiger partial charge in [-0.05, 0) is 24.5 Å². The first-order chi connectivity index (χ1) is 11.0. The molecule has 2 saturated heterocycles. The van der Waals surface area contributed by atoms with Crippen LogP contribution in [-0.4, -0.2) is 52.9 Å². The Morgan fingerprint density at radius 3 is 2.48 bits per heavy atom. The van der Waals surface area contributed by atoms with E-state index in [4.69, 9.17) is 0 Å². The zero-order valence-electron chi connectivity index (χ0n) is 13.1. The molecule has 5 heteroatoms. The van der Waals surface area contributed by atoms with E-state index in [0.717, 1.165) is 12.8 Å². The maximum atomic E-state index is 12.6. The van der Waals surface area contributed by atoms with Gasteiger partial charge in [-0.3, -0.25) is 9.59 Å². The third kappa shape index (κ3) is 3.01. The van der Waals surface area contributed by atoms with Gasteiger partial charge in [0.2, 0.25) is 5.91 Å². The minimum absolute atomic E-state index is 0.0109. The Balaban J connectivity index is 1.64. The Morgan fingerprint density at radius 2 is 1.83 bits per heavy atom. The number of aliphatic hydroxyl groups excluding tert-OH is 1. The lowest BCUT2D eigenvalue weighted by Gasteiger charge is -2.54. The van der Waals surface area contributed by atoms with Crippen LogP contribution in [0, 0.1) is 5.41 Å². The Morgan fingerprint density at radius 1 is 1.17 bits per heavy atom. The zero-order valence-corrected chi connectivity index (χ0v) is 13.1. The number of hydrogen-bond acceptors (Lipinski definition) is 3. The molecule has 0 unspecified atom stereocenters. The lowest BCUT2D eigenvalue weighted by atomic mass is 9.73. The molecule has 1 N–H and O–H groups in total. The summed E-state index contributed by atoms with van der Waals surface area (Å²) in [6.45, 7) is 6.12. The highest BCUT2D eigenvalue weighted by Gasteiger charge is 2.48. The molecule has 0 saturated carbocycles. The van der Waals surface area contributed by atoms with Gasteiger partial charge in [-0.1, -0.05) is 36.9 Å². The summed E-state index contributed by atoms with van der Waals surface area (Å²) in [5.41, 5.74) is 0.609. The third-order valence-corrected chi connectivity index (χ3v) is 4.86. The summed E-state index contributed by atoms with van der Waals surface area (Å²) in [6.07, 6.45) is 2.14. The number of piperidine rings is 1. The Hall–Kier alpha value is -2.14. The van der Waals surface area contributed by atoms with Crippen molar-refractivity contribution in [2.24, 2.45) is 5.41 Å². The van der Waals surface area contributed by atoms with Crippen molar-refractivity contribution in [2.75, 3.05) is 26.2 Å². The maximum absolute atomic E-state index is 12.6. The van der Waals surface area contributed by atoms with Crippen molar-refractivity contribution in [3.05, 3.63) is 48.6 Å². The van der Waals surface area contributed by atoms with Gasteiger partial charge in [0.25, 0.3) is 5.91 Å². The van der Waals surface area contributed by atoms with E-state index in [2.05, 4.69) is 6.58 Å². The quantitative estimate of drug-likeness (QED) is 0.857. The first-order valence-corrected chi connectivity index (χ1v) is 7.98. The third-order valence-electron chi connectivity index (χ3n) is 4.86. The standard InChI is InChI=1S/C18H22N2O3/c1-2-15(21)20-12-18(13-20)9-6-10-19(11-18)17(23)16(22)14-7-4-3-5-8-14/h2-5,7-8,16,22H,1,6,9-13H2/t16-/m1/s1. The smallest absolute Gasteiger partial charge is 0.256 e. The predicted octanol–water partition coefficient (Wildman–Crippen LogP) is 1.36. The number of carbonyl (C=O) groups excluding carboxylic acids is 2. The minimum atomic E-state index is -1.11. The van der Waals surface area contributed by atoms with Crippen LogP contribution < -0.4 is 0 Å². The molecule has 2 aliphatic rings. The summed E-state index contributed by atoms with van der Waals surface area (Å²) in [5, 5.41) is 10.3. The largest absolute Gasteiger partial charge is 0.378 e. The topological polar surface area (TPSA) is 60.9 Å². The van der Waals surface area contributed by atoms with Crippen molar-refractivity contribution in [3.63, 3.8) is 0 Å². The van der Waals surface area contributed by atoms with Gasteiger partial charge < -0.3 is 14.9 Å². The van der Waals surface area contributed by atoms with E-state index >= 15 is 0 Å². The van der Waals surface area contributed by atoms with E-state index in [0.29, 0.717) is 31.7 Å². The fourth-order valence-electron chi connectivity index (χ4n) is 3.65. The average Bonchev–Trinajstić information content (AvgIpc) is 2.58. The summed E-state index contributed by atoms with van der Waals surface area (Å²) in [4.78, 5) is 27.7. The van der Waals surface area contributed by atoms with Crippen LogP contribution in [0.1, 0.15) is 24.5 Å². The zero-order chi connectivity index (χ0) is 16.4. The summed E-state index contributed by atoms with van der Waals surface area (Å²) in [7, 11) is 0. The van der Waals surface area contributed by atoms with Gasteiger partial charge in [0.15, 0.2) is 6.10 Å². The van der Waals surface area contributed by atoms with Gasteiger partial charge in [-0.25, -0.2) is 0 Å². The number of benzene rings is 1. The molecule has 2 amide bonds. The van der Waals surface area contributed by atoms with Crippen molar-refractivity contribution >= 4 is 11.8 Å². The molecular formula is C18H22N2O3. The molecule has 122 valence electrons. The van der Waals surface area contributed by atoms with Crippen LogP contribution in [0.4, 0.5) is 0 Å². The summed E-state index contributed by atoms with van der Waals surface area (Å²) in [5.74, 6) is -0.299. The van der Waals surface area contributed by atoms with Crippen LogP contribution >= 0.6 is 0 Å². The average molecular weight is 314 g/mol. The molecule has 5 nitrogen and oxygen atoms in total. The molecule has 0 aliphatic carbocycles. The maximum Gasteiger partial charge on any atom is 0.256 e. The lowest BCUT2D eigenvalue weighted by molar-refractivity contribution is -0.153. The molecule has 1 aromatic rings. The van der Waals surface area contributed by atoms with Crippen LogP contribution in [-0.2, 0) is 9.59 Å². The Bertz CT molecular complexity index is 608. The van der Waals surface area contributed by atoms with Crippen molar-refractivity contribution in [3.8, 4) is 0 Å². The second-order valence-corrected chi connectivity index (χ2v) is 6.57. The molecule has 23 heavy (non-hydrogen) atoms. The van der Waals surface area contributed by atoms with E-state index in [-0.39, 0.29) is 17.2 Å². The highest BCUT2D eigenvalue weighted by molar-refractivity contribution is 5.88. The summed E-state index contributed by atoms with van der Waals surface area (Å²) in [6, 6.07) is 9.00. The van der Waals surface area contributed by atoms with Crippen molar-refractivity contribution in [1.29, 1.82) is 0 Å². The number of likely N-dealkylation sites (tertiary alicyclic amines) is 2. The minimum Gasteiger partial charge on any atom is -0.378 e. The van der Waals surface area contributed by atoms with Gasteiger partial charge in [0.1, 0.15) is 0 Å². The van der Waals surface area contributed by atoms with E-state index in [1.165, 1.54) is 6.08 Å². The lowest BCUT2D eigenvalue weighted by Crippen LogP contribution is -2.64. The molecule has 1 atom stereocenters. The Kier molecular flexibility index (Phi) is 4.22. The number of carbonyl (C=O) groups is 2. The predicted molar refractivity (Wildman–Crippen MR) is 86.4 cm³/mol. The van der Waals surface area contributed by atoms with E-state index in [1.54, 1.807) is 21.9 Å². The van der Waals surface area contributed by atoms with Gasteiger partial charge in [-0.15, -0.1) is 0 Å². The van der Waals surface area contributed by atoms with Crippen molar-refractivity contribution < 1.29 is 14.7 Å². The van der Waals surface area contributed by atoms with Crippen molar-refractivity contribution in [2.45, 2.75) is 18.9 Å². The van der Waals surface area contributed by atoms with E-state index in [1.807, 2.05) is 18.2 Å². The molecule has 0 bridgehead atoms. The van der Waals surface area contributed by atoms with Crippen LogP contribution in [0.2, 0.25) is 0 Å². The number of hydrogen-bond donors (Lipinski definition) is 1. The number of rotatable bonds is 3. The monoisotopic (exact) mass is 314 g/mol. The van der Waals surface area contributed by atoms with Gasteiger partial charge in [0.05, 0.1) is 0 Å². The normalized spacial score (nSPS) is 20.7. The van der Waals surface area contributed by atoms with Crippen LogP contribution in [0.5, 0.6) is 0 Å². The first kappa shape index (κ1) is 15.7. The highest BCUT2D eigenvalue weighted by Crippen LogP contribution is 2.39. The second-order valence-electron chi connectivity index (χ2n) is 6.57. The fourth-order valence-corrected chi connectivity index (χ4v) is 3.65. The van der Waals surface area contributed by atoms with Crippen LogP contribution in [0.15, 0.2) is 43.0 Å². The van der Waals surface area contributed by atoms with Crippen LogP contribution in [0.3, 0.4) is 0 Å². The number of aliphatic hydroxyl groups is 1. The highest BCUT2D eigenvalue weighted by atomic mass is 16.3.